The average molecular weight is 292 g/mol. The van der Waals surface area contributed by atoms with Gasteiger partial charge in [0.25, 0.3) is 0 Å². The van der Waals surface area contributed by atoms with Crippen molar-refractivity contribution < 1.29 is 4.74 Å². The molecule has 0 bridgehead atoms. The van der Waals surface area contributed by atoms with Crippen molar-refractivity contribution in [3.63, 3.8) is 0 Å². The van der Waals surface area contributed by atoms with Crippen molar-refractivity contribution in [3.8, 4) is 5.75 Å². The molecule has 0 aliphatic rings. The predicted octanol–water partition coefficient (Wildman–Crippen LogP) is 2.54. The largest absolute Gasteiger partial charge is 0.495 e. The van der Waals surface area contributed by atoms with Crippen LogP contribution in [0.15, 0.2) is 29.3 Å². The molecule has 0 fully saturated rings. The lowest BCUT2D eigenvalue weighted by Gasteiger charge is -2.17. The third-order valence-electron chi connectivity index (χ3n) is 3.43. The van der Waals surface area contributed by atoms with Gasteiger partial charge in [-0.15, -0.1) is 0 Å². The van der Waals surface area contributed by atoms with Crippen molar-refractivity contribution in [1.82, 2.24) is 4.90 Å². The molecule has 5 nitrogen and oxygen atoms in total. The molecule has 0 aliphatic carbocycles. The second-order valence-corrected chi connectivity index (χ2v) is 4.83. The Hall–Kier alpha value is -1.75. The van der Waals surface area contributed by atoms with Gasteiger partial charge in [0.05, 0.1) is 12.8 Å². The van der Waals surface area contributed by atoms with E-state index in [0.717, 1.165) is 50.5 Å². The zero-order chi connectivity index (χ0) is 15.5. The summed E-state index contributed by atoms with van der Waals surface area (Å²) in [6.45, 7) is 8.47. The number of unbranched alkanes of at least 4 members (excludes halogenated alkanes) is 1. The average Bonchev–Trinajstić information content (AvgIpc) is 2.51. The van der Waals surface area contributed by atoms with Crippen molar-refractivity contribution in [2.24, 2.45) is 10.7 Å². The lowest BCUT2D eigenvalue weighted by Crippen LogP contribution is -2.24. The first-order valence-corrected chi connectivity index (χ1v) is 7.63. The maximum Gasteiger partial charge on any atom is 0.193 e. The minimum absolute atomic E-state index is 0.433. The van der Waals surface area contributed by atoms with E-state index in [-0.39, 0.29) is 0 Å². The van der Waals surface area contributed by atoms with Gasteiger partial charge in [-0.25, -0.2) is 0 Å². The van der Waals surface area contributed by atoms with Gasteiger partial charge in [0.2, 0.25) is 0 Å². The molecule has 0 spiro atoms. The van der Waals surface area contributed by atoms with E-state index in [1.54, 1.807) is 7.11 Å². The van der Waals surface area contributed by atoms with Crippen molar-refractivity contribution in [2.45, 2.75) is 26.7 Å². The Morgan fingerprint density at radius 3 is 2.62 bits per heavy atom. The minimum Gasteiger partial charge on any atom is -0.495 e. The van der Waals surface area contributed by atoms with Gasteiger partial charge in [-0.1, -0.05) is 26.0 Å². The summed E-state index contributed by atoms with van der Waals surface area (Å²) < 4.78 is 5.26. The molecule has 118 valence electrons. The molecule has 0 saturated carbocycles. The number of hydrogen-bond donors (Lipinski definition) is 2. The fourth-order valence-electron chi connectivity index (χ4n) is 2.11. The highest BCUT2D eigenvalue weighted by Crippen LogP contribution is 2.22. The number of anilines is 1. The number of para-hydroxylation sites is 2. The Morgan fingerprint density at radius 1 is 1.24 bits per heavy atom. The van der Waals surface area contributed by atoms with Gasteiger partial charge in [-0.3, -0.25) is 4.99 Å². The van der Waals surface area contributed by atoms with E-state index in [0.29, 0.717) is 5.96 Å². The van der Waals surface area contributed by atoms with Gasteiger partial charge in [-0.05, 0) is 44.6 Å². The molecule has 21 heavy (non-hydrogen) atoms. The molecular formula is C16H28N4O. The van der Waals surface area contributed by atoms with Crippen LogP contribution >= 0.6 is 0 Å². The van der Waals surface area contributed by atoms with E-state index < -0.39 is 0 Å². The quantitative estimate of drug-likeness (QED) is 0.417. The van der Waals surface area contributed by atoms with Crippen LogP contribution in [0.2, 0.25) is 0 Å². The molecule has 0 aromatic heterocycles. The molecule has 1 aromatic carbocycles. The lowest BCUT2D eigenvalue weighted by molar-refractivity contribution is 0.298. The molecule has 0 amide bonds. The Labute approximate surface area is 128 Å². The third kappa shape index (κ3) is 6.49. The van der Waals surface area contributed by atoms with E-state index >= 15 is 0 Å². The Bertz CT molecular complexity index is 430. The topological polar surface area (TPSA) is 62.9 Å². The summed E-state index contributed by atoms with van der Waals surface area (Å²) in [6.07, 6.45) is 2.19. The number of hydrogen-bond acceptors (Lipinski definition) is 3. The standard InChI is InChI=1S/C16H28N4O/c1-4-20(5-2)13-9-8-12-18-16(17)19-14-10-6-7-11-15(14)21-3/h6-7,10-11H,4-5,8-9,12-13H2,1-3H3,(H3,17,18,19). The molecule has 0 atom stereocenters. The van der Waals surface area contributed by atoms with Crippen LogP contribution in [0.1, 0.15) is 26.7 Å². The van der Waals surface area contributed by atoms with Crippen LogP contribution in [0.3, 0.4) is 0 Å². The summed E-state index contributed by atoms with van der Waals surface area (Å²) in [4.78, 5) is 6.77. The van der Waals surface area contributed by atoms with Crippen LogP contribution in [0.25, 0.3) is 0 Å². The first-order chi connectivity index (χ1) is 10.2. The summed E-state index contributed by atoms with van der Waals surface area (Å²) in [5.41, 5.74) is 6.73. The second kappa shape index (κ2) is 10.0. The van der Waals surface area contributed by atoms with Gasteiger partial charge < -0.3 is 20.7 Å². The Morgan fingerprint density at radius 2 is 1.95 bits per heavy atom. The Kier molecular flexibility index (Phi) is 8.28. The van der Waals surface area contributed by atoms with Crippen LogP contribution in [0.4, 0.5) is 5.69 Å². The van der Waals surface area contributed by atoms with Crippen LogP contribution in [0, 0.1) is 0 Å². The third-order valence-corrected chi connectivity index (χ3v) is 3.43. The van der Waals surface area contributed by atoms with Crippen molar-refractivity contribution in [3.05, 3.63) is 24.3 Å². The molecule has 5 heteroatoms. The number of ether oxygens (including phenoxy) is 1. The predicted molar refractivity (Wildman–Crippen MR) is 90.1 cm³/mol. The van der Waals surface area contributed by atoms with Gasteiger partial charge >= 0.3 is 0 Å². The first-order valence-electron chi connectivity index (χ1n) is 7.63. The SMILES string of the molecule is CCN(CC)CCCCN=C(N)Nc1ccccc1OC. The highest BCUT2D eigenvalue weighted by molar-refractivity contribution is 5.93. The normalized spacial score (nSPS) is 11.7. The summed E-state index contributed by atoms with van der Waals surface area (Å²) in [5, 5.41) is 3.08. The molecule has 0 unspecified atom stereocenters. The molecule has 0 saturated heterocycles. The zero-order valence-corrected chi connectivity index (χ0v) is 13.4. The lowest BCUT2D eigenvalue weighted by atomic mass is 10.3. The Balaban J connectivity index is 2.33. The highest BCUT2D eigenvalue weighted by atomic mass is 16.5. The number of benzene rings is 1. The molecule has 1 rings (SSSR count). The van der Waals surface area contributed by atoms with E-state index in [4.69, 9.17) is 10.5 Å². The number of nitrogens with zero attached hydrogens (tertiary/aromatic N) is 2. The molecule has 3 N–H and O–H groups in total. The maximum absolute atomic E-state index is 5.90. The van der Waals surface area contributed by atoms with Gasteiger partial charge in [0.15, 0.2) is 5.96 Å². The first kappa shape index (κ1) is 17.3. The number of guanidine groups is 1. The van der Waals surface area contributed by atoms with E-state index in [1.807, 2.05) is 24.3 Å². The fourth-order valence-corrected chi connectivity index (χ4v) is 2.11. The summed E-state index contributed by atoms with van der Waals surface area (Å²) in [7, 11) is 1.64. The zero-order valence-electron chi connectivity index (χ0n) is 13.4. The smallest absolute Gasteiger partial charge is 0.193 e. The highest BCUT2D eigenvalue weighted by Gasteiger charge is 2.02. The second-order valence-electron chi connectivity index (χ2n) is 4.83. The minimum atomic E-state index is 0.433. The summed E-state index contributed by atoms with van der Waals surface area (Å²) >= 11 is 0. The van der Waals surface area contributed by atoms with Crippen molar-refractivity contribution in [1.29, 1.82) is 0 Å². The van der Waals surface area contributed by atoms with Gasteiger partial charge in [0.1, 0.15) is 5.75 Å². The number of nitrogens with two attached hydrogens (primary N) is 1. The molecular weight excluding hydrogens is 264 g/mol. The van der Waals surface area contributed by atoms with Crippen LogP contribution in [0.5, 0.6) is 5.75 Å². The van der Waals surface area contributed by atoms with E-state index in [2.05, 4.69) is 29.1 Å². The molecule has 0 heterocycles. The van der Waals surface area contributed by atoms with Crippen LogP contribution < -0.4 is 15.8 Å². The van der Waals surface area contributed by atoms with E-state index in [1.165, 1.54) is 0 Å². The molecule has 0 radical (unpaired) electrons. The molecule has 0 aliphatic heterocycles. The van der Waals surface area contributed by atoms with Gasteiger partial charge in [0, 0.05) is 6.54 Å². The van der Waals surface area contributed by atoms with Crippen LogP contribution in [-0.4, -0.2) is 44.1 Å². The summed E-state index contributed by atoms with van der Waals surface area (Å²) in [6, 6.07) is 7.66. The monoisotopic (exact) mass is 292 g/mol. The van der Waals surface area contributed by atoms with Gasteiger partial charge in [-0.2, -0.15) is 0 Å². The van der Waals surface area contributed by atoms with Crippen LogP contribution in [-0.2, 0) is 0 Å². The number of methoxy groups -OCH3 is 1. The van der Waals surface area contributed by atoms with E-state index in [9.17, 15) is 0 Å². The maximum atomic E-state index is 5.90. The number of nitrogens with one attached hydrogen (secondary N) is 1. The number of rotatable bonds is 9. The summed E-state index contributed by atoms with van der Waals surface area (Å²) in [5.74, 6) is 1.19. The van der Waals surface area contributed by atoms with Crippen molar-refractivity contribution >= 4 is 11.6 Å². The fraction of sp³-hybridized carbons (Fsp3) is 0.562. The molecule has 1 aromatic rings. The van der Waals surface area contributed by atoms with Crippen molar-refractivity contribution in [2.75, 3.05) is 38.6 Å². The number of aliphatic imine (C=N–C) groups is 1.